The van der Waals surface area contributed by atoms with E-state index in [9.17, 15) is 32.8 Å². The monoisotopic (exact) mass is 397 g/mol. The van der Waals surface area contributed by atoms with E-state index in [0.717, 1.165) is 42.5 Å². The van der Waals surface area contributed by atoms with E-state index >= 15 is 0 Å². The normalized spacial score (nSPS) is 12.4. The van der Waals surface area contributed by atoms with Gasteiger partial charge in [0.15, 0.2) is 0 Å². The summed E-state index contributed by atoms with van der Waals surface area (Å²) in [4.78, 5) is 22.2. The maximum absolute atomic E-state index is 13.0. The van der Waals surface area contributed by atoms with Gasteiger partial charge in [-0.3, -0.25) is 14.9 Å². The first-order valence-electron chi connectivity index (χ1n) is 7.70. The number of nitrogens with zero attached hydrogens (tertiary/aromatic N) is 1. The molecule has 144 valence electrons. The van der Waals surface area contributed by atoms with Crippen molar-refractivity contribution in [3.05, 3.63) is 58.4 Å². The van der Waals surface area contributed by atoms with Gasteiger partial charge in [-0.15, -0.1) is 0 Å². The first-order chi connectivity index (χ1) is 12.6. The average Bonchev–Trinajstić information content (AvgIpc) is 2.61. The van der Waals surface area contributed by atoms with Gasteiger partial charge in [-0.05, 0) is 36.8 Å². The summed E-state index contributed by atoms with van der Waals surface area (Å²) >= 11 is 0. The molecule has 0 saturated carbocycles. The Labute approximate surface area is 154 Å². The molecule has 27 heavy (non-hydrogen) atoms. The van der Waals surface area contributed by atoms with Gasteiger partial charge in [0.2, 0.25) is 15.9 Å². The smallest absolute Gasteiger partial charge is 0.271 e. The van der Waals surface area contributed by atoms with Crippen molar-refractivity contribution in [1.82, 2.24) is 4.72 Å². The second kappa shape index (κ2) is 8.10. The number of benzene rings is 2. The fourth-order valence-corrected chi connectivity index (χ4v) is 3.43. The zero-order chi connectivity index (χ0) is 20.2. The van der Waals surface area contributed by atoms with Crippen molar-refractivity contribution in [2.75, 3.05) is 5.32 Å². The number of aromatic hydroxyl groups is 1. The number of halogens is 1. The first kappa shape index (κ1) is 20.3. The number of phenols is 1. The standard InChI is InChI=1S/C16H16FN3O6S/c1-2-13(19-27(25,26)12-6-3-10(17)4-7-12)16(22)18-14-9-11(20(23)24)5-8-15(14)21/h3-9,13,19,21H,2H2,1H3,(H,18,22). The number of non-ortho nitro benzene ring substituents is 1. The Bertz CT molecular complexity index is 963. The molecule has 9 nitrogen and oxygen atoms in total. The van der Waals surface area contributed by atoms with Crippen molar-refractivity contribution >= 4 is 27.3 Å². The third-order valence-corrected chi connectivity index (χ3v) is 5.08. The van der Waals surface area contributed by atoms with Crippen molar-refractivity contribution in [1.29, 1.82) is 0 Å². The summed E-state index contributed by atoms with van der Waals surface area (Å²) in [5.41, 5.74) is -0.586. The lowest BCUT2D eigenvalue weighted by molar-refractivity contribution is -0.384. The van der Waals surface area contributed by atoms with Crippen molar-refractivity contribution in [2.24, 2.45) is 0 Å². The van der Waals surface area contributed by atoms with Crippen LogP contribution < -0.4 is 10.0 Å². The van der Waals surface area contributed by atoms with Crippen LogP contribution in [0.5, 0.6) is 5.75 Å². The number of sulfonamides is 1. The number of nitro groups is 1. The third-order valence-electron chi connectivity index (χ3n) is 3.59. The second-order valence-electron chi connectivity index (χ2n) is 5.48. The van der Waals surface area contributed by atoms with E-state index in [1.165, 1.54) is 0 Å². The van der Waals surface area contributed by atoms with Gasteiger partial charge in [0.1, 0.15) is 17.6 Å². The Kier molecular flexibility index (Phi) is 6.08. The third kappa shape index (κ3) is 4.99. The van der Waals surface area contributed by atoms with E-state index in [4.69, 9.17) is 0 Å². The summed E-state index contributed by atoms with van der Waals surface area (Å²) in [6.07, 6.45) is 0.0575. The largest absolute Gasteiger partial charge is 0.506 e. The zero-order valence-electron chi connectivity index (χ0n) is 14.0. The van der Waals surface area contributed by atoms with Crippen LogP contribution in [0.1, 0.15) is 13.3 Å². The topological polar surface area (TPSA) is 139 Å². The molecule has 0 aromatic heterocycles. The minimum Gasteiger partial charge on any atom is -0.506 e. The molecule has 1 unspecified atom stereocenters. The van der Waals surface area contributed by atoms with E-state index in [1.54, 1.807) is 6.92 Å². The van der Waals surface area contributed by atoms with Gasteiger partial charge in [0.05, 0.1) is 15.5 Å². The average molecular weight is 397 g/mol. The quantitative estimate of drug-likeness (QED) is 0.372. The van der Waals surface area contributed by atoms with Gasteiger partial charge in [-0.25, -0.2) is 12.8 Å². The van der Waals surface area contributed by atoms with Crippen LogP contribution in [0.4, 0.5) is 15.8 Å². The van der Waals surface area contributed by atoms with Crippen molar-refractivity contribution in [3.8, 4) is 5.75 Å². The summed E-state index contributed by atoms with van der Waals surface area (Å²) in [6, 6.07) is 5.86. The van der Waals surface area contributed by atoms with Crippen LogP contribution >= 0.6 is 0 Å². The van der Waals surface area contributed by atoms with E-state index in [-0.39, 0.29) is 22.7 Å². The molecule has 1 atom stereocenters. The lowest BCUT2D eigenvalue weighted by atomic mass is 10.2. The predicted octanol–water partition coefficient (Wildman–Crippen LogP) is 2.14. The van der Waals surface area contributed by atoms with Crippen molar-refractivity contribution in [2.45, 2.75) is 24.3 Å². The molecule has 0 aliphatic carbocycles. The van der Waals surface area contributed by atoms with Crippen LogP contribution in [0.3, 0.4) is 0 Å². The fraction of sp³-hybridized carbons (Fsp3) is 0.188. The molecule has 0 spiro atoms. The molecule has 3 N–H and O–H groups in total. The minimum absolute atomic E-state index is 0.0575. The minimum atomic E-state index is -4.11. The van der Waals surface area contributed by atoms with Crippen LogP contribution in [0.2, 0.25) is 0 Å². The Balaban J connectivity index is 2.20. The molecule has 2 aromatic rings. The molecule has 2 aromatic carbocycles. The number of carbonyl (C=O) groups excluding carboxylic acids is 1. The molecular weight excluding hydrogens is 381 g/mol. The molecule has 0 saturated heterocycles. The van der Waals surface area contributed by atoms with Gasteiger partial charge in [-0.1, -0.05) is 6.92 Å². The molecule has 0 aliphatic rings. The number of hydrogen-bond acceptors (Lipinski definition) is 6. The number of carbonyl (C=O) groups is 1. The zero-order valence-corrected chi connectivity index (χ0v) is 14.9. The molecule has 11 heteroatoms. The second-order valence-corrected chi connectivity index (χ2v) is 7.20. The van der Waals surface area contributed by atoms with E-state index in [0.29, 0.717) is 0 Å². The van der Waals surface area contributed by atoms with Crippen LogP contribution in [0.15, 0.2) is 47.4 Å². The Morgan fingerprint density at radius 1 is 1.26 bits per heavy atom. The molecule has 0 bridgehead atoms. The lowest BCUT2D eigenvalue weighted by Gasteiger charge is -2.17. The van der Waals surface area contributed by atoms with Crippen LogP contribution in [0.25, 0.3) is 0 Å². The molecule has 0 aliphatic heterocycles. The number of hydrogen-bond donors (Lipinski definition) is 3. The molecule has 0 radical (unpaired) electrons. The highest BCUT2D eigenvalue weighted by Crippen LogP contribution is 2.28. The predicted molar refractivity (Wildman–Crippen MR) is 94.2 cm³/mol. The SMILES string of the molecule is CCC(NS(=O)(=O)c1ccc(F)cc1)C(=O)Nc1cc([N+](=O)[O-])ccc1O. The highest BCUT2D eigenvalue weighted by Gasteiger charge is 2.25. The van der Waals surface area contributed by atoms with Gasteiger partial charge in [0.25, 0.3) is 5.69 Å². The number of nitro benzene ring substituents is 1. The van der Waals surface area contributed by atoms with Gasteiger partial charge < -0.3 is 10.4 Å². The van der Waals surface area contributed by atoms with Crippen LogP contribution in [-0.4, -0.2) is 30.4 Å². The van der Waals surface area contributed by atoms with Gasteiger partial charge in [-0.2, -0.15) is 4.72 Å². The number of anilines is 1. The fourth-order valence-electron chi connectivity index (χ4n) is 2.15. The molecule has 1 amide bonds. The first-order valence-corrected chi connectivity index (χ1v) is 9.18. The van der Waals surface area contributed by atoms with E-state index in [2.05, 4.69) is 10.0 Å². The van der Waals surface area contributed by atoms with E-state index in [1.807, 2.05) is 0 Å². The highest BCUT2D eigenvalue weighted by molar-refractivity contribution is 7.89. The van der Waals surface area contributed by atoms with Crippen LogP contribution in [0, 0.1) is 15.9 Å². The maximum atomic E-state index is 13.0. The lowest BCUT2D eigenvalue weighted by Crippen LogP contribution is -2.43. The Hall–Kier alpha value is -3.05. The highest BCUT2D eigenvalue weighted by atomic mass is 32.2. The number of amides is 1. The van der Waals surface area contributed by atoms with E-state index < -0.39 is 38.5 Å². The van der Waals surface area contributed by atoms with Crippen molar-refractivity contribution in [3.63, 3.8) is 0 Å². The van der Waals surface area contributed by atoms with Crippen LogP contribution in [-0.2, 0) is 14.8 Å². The summed E-state index contributed by atoms with van der Waals surface area (Å²) in [6.45, 7) is 1.55. The summed E-state index contributed by atoms with van der Waals surface area (Å²) in [5, 5.41) is 22.8. The molecule has 2 rings (SSSR count). The summed E-state index contributed by atoms with van der Waals surface area (Å²) < 4.78 is 39.8. The molecular formula is C16H16FN3O6S. The Morgan fingerprint density at radius 3 is 2.44 bits per heavy atom. The molecule has 0 heterocycles. The number of nitrogens with one attached hydrogen (secondary N) is 2. The van der Waals surface area contributed by atoms with Gasteiger partial charge >= 0.3 is 0 Å². The number of rotatable bonds is 7. The Morgan fingerprint density at radius 2 is 1.89 bits per heavy atom. The summed E-state index contributed by atoms with van der Waals surface area (Å²) in [7, 11) is -4.11. The van der Waals surface area contributed by atoms with Crippen molar-refractivity contribution < 1.29 is 27.6 Å². The van der Waals surface area contributed by atoms with Gasteiger partial charge in [0, 0.05) is 12.1 Å². The number of phenolic OH excluding ortho intramolecular Hbond substituents is 1. The summed E-state index contributed by atoms with van der Waals surface area (Å²) in [5.74, 6) is -1.84. The molecule has 0 fully saturated rings. The maximum Gasteiger partial charge on any atom is 0.271 e.